The Balaban J connectivity index is 2.75. The summed E-state index contributed by atoms with van der Waals surface area (Å²) in [6, 6.07) is 2.11. The van der Waals surface area contributed by atoms with Gasteiger partial charge in [0, 0.05) is 20.1 Å². The van der Waals surface area contributed by atoms with Crippen molar-refractivity contribution in [1.29, 1.82) is 5.26 Å². The molecule has 17 heavy (non-hydrogen) atoms. The monoisotopic (exact) mass is 253 g/mol. The predicted molar refractivity (Wildman–Crippen MR) is 65.8 cm³/mol. The molecular weight excluding hydrogens is 238 g/mol. The molecule has 1 aromatic rings. The van der Waals surface area contributed by atoms with Crippen molar-refractivity contribution in [1.82, 2.24) is 15.1 Å². The molecule has 1 rings (SSSR count). The van der Waals surface area contributed by atoms with Crippen LogP contribution >= 0.6 is 11.3 Å². The molecule has 0 saturated carbocycles. The van der Waals surface area contributed by atoms with Gasteiger partial charge in [0.05, 0.1) is 12.0 Å². The lowest BCUT2D eigenvalue weighted by Crippen LogP contribution is -2.34. The summed E-state index contributed by atoms with van der Waals surface area (Å²) in [5.41, 5.74) is 0. The molecule has 1 atom stereocenters. The van der Waals surface area contributed by atoms with Crippen LogP contribution in [-0.4, -0.2) is 41.1 Å². The molecule has 0 aliphatic carbocycles. The van der Waals surface area contributed by atoms with Crippen LogP contribution in [0.2, 0.25) is 0 Å². The molecule has 92 valence electrons. The maximum Gasteiger partial charge on any atom is 0.284 e. The number of rotatable bonds is 5. The van der Waals surface area contributed by atoms with Crippen LogP contribution in [-0.2, 0) is 0 Å². The minimum atomic E-state index is -0.185. The number of carbonyl (C=O) groups is 1. The molecule has 7 heteroatoms. The summed E-state index contributed by atoms with van der Waals surface area (Å²) in [5, 5.41) is 20.2. The highest BCUT2D eigenvalue weighted by Gasteiger charge is 2.20. The Hall–Kier alpha value is -1.68. The van der Waals surface area contributed by atoms with Gasteiger partial charge in [-0.3, -0.25) is 4.79 Å². The number of nitriles is 1. The fourth-order valence-corrected chi connectivity index (χ4v) is 1.94. The third kappa shape index (κ3) is 3.39. The van der Waals surface area contributed by atoms with E-state index < -0.39 is 0 Å². The Kier molecular flexibility index (Phi) is 4.84. The second-order valence-electron chi connectivity index (χ2n) is 3.54. The zero-order valence-electron chi connectivity index (χ0n) is 10.1. The van der Waals surface area contributed by atoms with E-state index in [2.05, 4.69) is 21.6 Å². The van der Waals surface area contributed by atoms with Gasteiger partial charge < -0.3 is 10.2 Å². The smallest absolute Gasteiger partial charge is 0.284 e. The summed E-state index contributed by atoms with van der Waals surface area (Å²) < 4.78 is 0. The van der Waals surface area contributed by atoms with E-state index in [0.717, 1.165) is 0 Å². The maximum absolute atomic E-state index is 12.1. The molecule has 0 aliphatic heterocycles. The van der Waals surface area contributed by atoms with Crippen LogP contribution in [0.5, 0.6) is 0 Å². The molecule has 0 saturated heterocycles. The number of aromatic nitrogens is 2. The van der Waals surface area contributed by atoms with Crippen molar-refractivity contribution >= 4 is 22.4 Å². The molecule has 0 spiro atoms. The second-order valence-corrected chi connectivity index (χ2v) is 4.51. The summed E-state index contributed by atoms with van der Waals surface area (Å²) >= 11 is 1.21. The Morgan fingerprint density at radius 2 is 2.35 bits per heavy atom. The molecule has 0 fully saturated rings. The Labute approximate surface area is 104 Å². The Morgan fingerprint density at radius 3 is 2.82 bits per heavy atom. The number of nitrogens with one attached hydrogen (secondary N) is 1. The first-order chi connectivity index (χ1) is 8.12. The topological polar surface area (TPSA) is 81.9 Å². The molecule has 0 aliphatic rings. The molecule has 0 aromatic carbocycles. The quantitative estimate of drug-likeness (QED) is 0.852. The second kappa shape index (κ2) is 6.15. The van der Waals surface area contributed by atoms with Gasteiger partial charge in [-0.1, -0.05) is 11.3 Å². The lowest BCUT2D eigenvalue weighted by atomic mass is 10.2. The summed E-state index contributed by atoms with van der Waals surface area (Å²) in [6.07, 6.45) is 0. The lowest BCUT2D eigenvalue weighted by Gasteiger charge is -2.20. The summed E-state index contributed by atoms with van der Waals surface area (Å²) in [7, 11) is 1.73. The van der Waals surface area contributed by atoms with Crippen molar-refractivity contribution in [2.24, 2.45) is 5.92 Å². The van der Waals surface area contributed by atoms with Gasteiger partial charge in [-0.25, -0.2) is 0 Å². The van der Waals surface area contributed by atoms with Crippen molar-refractivity contribution < 1.29 is 4.79 Å². The fraction of sp³-hybridized carbons (Fsp3) is 0.600. The van der Waals surface area contributed by atoms with E-state index in [1.165, 1.54) is 11.3 Å². The van der Waals surface area contributed by atoms with E-state index in [1.807, 2.05) is 6.92 Å². The van der Waals surface area contributed by atoms with Crippen LogP contribution in [0.15, 0.2) is 0 Å². The molecule has 1 aromatic heterocycles. The van der Waals surface area contributed by atoms with E-state index >= 15 is 0 Å². The predicted octanol–water partition coefficient (Wildman–Crippen LogP) is 1.20. The van der Waals surface area contributed by atoms with Crippen molar-refractivity contribution in [3.63, 3.8) is 0 Å². The van der Waals surface area contributed by atoms with E-state index in [0.29, 0.717) is 23.2 Å². The average Bonchev–Trinajstić information content (AvgIpc) is 2.83. The van der Waals surface area contributed by atoms with Crippen LogP contribution in [0, 0.1) is 17.2 Å². The largest absolute Gasteiger partial charge is 0.363 e. The van der Waals surface area contributed by atoms with Crippen LogP contribution < -0.4 is 5.32 Å². The summed E-state index contributed by atoms with van der Waals surface area (Å²) in [4.78, 5) is 13.7. The average molecular weight is 253 g/mol. The van der Waals surface area contributed by atoms with Gasteiger partial charge in [-0.2, -0.15) is 5.26 Å². The van der Waals surface area contributed by atoms with Gasteiger partial charge in [-0.05, 0) is 13.8 Å². The van der Waals surface area contributed by atoms with Gasteiger partial charge in [-0.15, -0.1) is 10.2 Å². The van der Waals surface area contributed by atoms with Gasteiger partial charge in [0.25, 0.3) is 5.91 Å². The van der Waals surface area contributed by atoms with Crippen LogP contribution in [0.3, 0.4) is 0 Å². The molecule has 1 N–H and O–H groups in total. The normalized spacial score (nSPS) is 11.6. The van der Waals surface area contributed by atoms with Crippen molar-refractivity contribution in [3.8, 4) is 6.07 Å². The van der Waals surface area contributed by atoms with Crippen LogP contribution in [0.25, 0.3) is 0 Å². The highest BCUT2D eigenvalue weighted by atomic mass is 32.1. The number of hydrogen-bond acceptors (Lipinski definition) is 6. The molecule has 1 amide bonds. The first kappa shape index (κ1) is 13.4. The lowest BCUT2D eigenvalue weighted by molar-refractivity contribution is 0.0751. The van der Waals surface area contributed by atoms with E-state index in [9.17, 15) is 4.79 Å². The molecular formula is C10H15N5OS. The third-order valence-corrected chi connectivity index (χ3v) is 3.13. The molecule has 1 heterocycles. The van der Waals surface area contributed by atoms with Crippen LogP contribution in [0.4, 0.5) is 5.13 Å². The summed E-state index contributed by atoms with van der Waals surface area (Å²) in [5.74, 6) is -0.357. The number of anilines is 1. The van der Waals surface area contributed by atoms with E-state index in [4.69, 9.17) is 5.26 Å². The zero-order chi connectivity index (χ0) is 12.8. The maximum atomic E-state index is 12.1. The molecule has 0 radical (unpaired) electrons. The molecule has 6 nitrogen and oxygen atoms in total. The third-order valence-electron chi connectivity index (χ3n) is 2.21. The first-order valence-electron chi connectivity index (χ1n) is 5.32. The highest BCUT2D eigenvalue weighted by molar-refractivity contribution is 7.17. The fourth-order valence-electron chi connectivity index (χ4n) is 1.27. The van der Waals surface area contributed by atoms with Gasteiger partial charge >= 0.3 is 0 Å². The number of nitrogens with zero attached hydrogens (tertiary/aromatic N) is 4. The first-order valence-corrected chi connectivity index (χ1v) is 6.14. The van der Waals surface area contributed by atoms with E-state index in [1.54, 1.807) is 18.9 Å². The van der Waals surface area contributed by atoms with Crippen molar-refractivity contribution in [2.75, 3.05) is 25.5 Å². The van der Waals surface area contributed by atoms with Crippen molar-refractivity contribution in [3.05, 3.63) is 5.01 Å². The van der Waals surface area contributed by atoms with Gasteiger partial charge in [0.1, 0.15) is 0 Å². The standard InChI is InChI=1S/C10H15N5OS/c1-4-15(6-7(2)5-11)9(16)8-13-14-10(12-3)17-8/h7H,4,6H2,1-3H3,(H,12,14). The number of amides is 1. The Morgan fingerprint density at radius 1 is 1.65 bits per heavy atom. The van der Waals surface area contributed by atoms with E-state index in [-0.39, 0.29) is 11.8 Å². The molecule has 0 bridgehead atoms. The summed E-state index contributed by atoms with van der Waals surface area (Å²) in [6.45, 7) is 4.64. The van der Waals surface area contributed by atoms with Gasteiger partial charge in [0.2, 0.25) is 10.1 Å². The number of hydrogen-bond donors (Lipinski definition) is 1. The molecule has 1 unspecified atom stereocenters. The van der Waals surface area contributed by atoms with Gasteiger partial charge in [0.15, 0.2) is 0 Å². The number of carbonyl (C=O) groups excluding carboxylic acids is 1. The minimum absolute atomic E-state index is 0.173. The SMILES string of the molecule is CCN(CC(C)C#N)C(=O)c1nnc(NC)s1. The zero-order valence-corrected chi connectivity index (χ0v) is 10.9. The highest BCUT2D eigenvalue weighted by Crippen LogP contribution is 2.16. The van der Waals surface area contributed by atoms with Crippen LogP contribution in [0.1, 0.15) is 23.6 Å². The Bertz CT molecular complexity index is 425. The van der Waals surface area contributed by atoms with Crippen molar-refractivity contribution in [2.45, 2.75) is 13.8 Å². The minimum Gasteiger partial charge on any atom is -0.363 e.